The number of thiazole rings is 2. The Morgan fingerprint density at radius 3 is 2.95 bits per heavy atom. The number of nitrogens with two attached hydrogens (primary N) is 1. The van der Waals surface area contributed by atoms with Gasteiger partial charge in [0.05, 0.1) is 5.01 Å². The molecule has 2 aromatic rings. The summed E-state index contributed by atoms with van der Waals surface area (Å²) in [4.78, 5) is 20.9. The molecule has 0 aliphatic heterocycles. The van der Waals surface area contributed by atoms with Gasteiger partial charge in [-0.05, 0) is 5.92 Å². The lowest BCUT2D eigenvalue weighted by Gasteiger charge is -2.04. The number of carbonyl (C=O) groups excluding carboxylic acids is 1. The maximum absolute atomic E-state index is 12.1. The first-order valence-electron chi connectivity index (χ1n) is 6.73. The van der Waals surface area contributed by atoms with E-state index in [2.05, 4.69) is 34.4 Å². The van der Waals surface area contributed by atoms with Crippen LogP contribution >= 0.6 is 22.7 Å². The first-order valence-corrected chi connectivity index (χ1v) is 8.42. The summed E-state index contributed by atoms with van der Waals surface area (Å²) in [5.74, 6) is 0.600. The maximum Gasteiger partial charge on any atom is 0.265 e. The van der Waals surface area contributed by atoms with E-state index >= 15 is 0 Å². The van der Waals surface area contributed by atoms with E-state index in [1.807, 2.05) is 5.38 Å². The number of amides is 1. The van der Waals surface area contributed by atoms with Crippen molar-refractivity contribution in [2.45, 2.75) is 20.3 Å². The minimum Gasteiger partial charge on any atom is -0.382 e. The molecular formula is C13H19N5OS2. The van der Waals surface area contributed by atoms with Gasteiger partial charge in [0, 0.05) is 31.1 Å². The minimum atomic E-state index is -0.181. The topological polar surface area (TPSA) is 92.9 Å². The summed E-state index contributed by atoms with van der Waals surface area (Å²) in [5, 5.41) is 9.64. The Kier molecular flexibility index (Phi) is 5.51. The zero-order valence-corrected chi connectivity index (χ0v) is 13.7. The van der Waals surface area contributed by atoms with Gasteiger partial charge in [0.2, 0.25) is 0 Å². The van der Waals surface area contributed by atoms with Gasteiger partial charge in [-0.15, -0.1) is 11.3 Å². The second-order valence-corrected chi connectivity index (χ2v) is 6.92. The van der Waals surface area contributed by atoms with Crippen LogP contribution in [0.15, 0.2) is 11.6 Å². The van der Waals surface area contributed by atoms with Crippen LogP contribution < -0.4 is 16.4 Å². The fourth-order valence-corrected chi connectivity index (χ4v) is 3.03. The lowest BCUT2D eigenvalue weighted by atomic mass is 10.2. The lowest BCUT2D eigenvalue weighted by molar-refractivity contribution is 0.0959. The number of carbonyl (C=O) groups is 1. The summed E-state index contributed by atoms with van der Waals surface area (Å²) >= 11 is 2.87. The van der Waals surface area contributed by atoms with E-state index in [0.29, 0.717) is 22.5 Å². The van der Waals surface area contributed by atoms with Crippen molar-refractivity contribution in [3.63, 3.8) is 0 Å². The Morgan fingerprint density at radius 1 is 1.48 bits per heavy atom. The predicted molar refractivity (Wildman–Crippen MR) is 88.0 cm³/mol. The fourth-order valence-electron chi connectivity index (χ4n) is 1.60. The Hall–Kier alpha value is -1.67. The molecule has 0 aliphatic carbocycles. The smallest absolute Gasteiger partial charge is 0.265 e. The summed E-state index contributed by atoms with van der Waals surface area (Å²) in [7, 11) is 0. The molecule has 0 unspecified atom stereocenters. The lowest BCUT2D eigenvalue weighted by Crippen LogP contribution is -2.25. The van der Waals surface area contributed by atoms with Crippen molar-refractivity contribution in [2.24, 2.45) is 5.92 Å². The highest BCUT2D eigenvalue weighted by Crippen LogP contribution is 2.24. The molecule has 8 heteroatoms. The van der Waals surface area contributed by atoms with Gasteiger partial charge in [-0.2, -0.15) is 0 Å². The molecule has 2 aromatic heterocycles. The molecule has 0 atom stereocenters. The Labute approximate surface area is 131 Å². The molecule has 0 saturated carbocycles. The van der Waals surface area contributed by atoms with E-state index in [-0.39, 0.29) is 11.7 Å². The van der Waals surface area contributed by atoms with Gasteiger partial charge in [-0.25, -0.2) is 9.97 Å². The highest BCUT2D eigenvalue weighted by Gasteiger charge is 2.16. The standard InChI is InChI=1S/C13H19N5OS2/c1-8(2)7-17-13-18-11(14)10(21-13)12(19)16-4-3-9-15-5-6-20-9/h5-6,8H,3-4,7,14H2,1-2H3,(H,16,19)(H,17,18). The molecule has 114 valence electrons. The van der Waals surface area contributed by atoms with Crippen molar-refractivity contribution < 1.29 is 4.79 Å². The third kappa shape index (κ3) is 4.68. The Morgan fingerprint density at radius 2 is 2.29 bits per heavy atom. The van der Waals surface area contributed by atoms with Crippen LogP contribution in [0, 0.1) is 5.92 Å². The molecule has 0 bridgehead atoms. The quantitative estimate of drug-likeness (QED) is 0.726. The van der Waals surface area contributed by atoms with Crippen molar-refractivity contribution in [3.05, 3.63) is 21.5 Å². The van der Waals surface area contributed by atoms with E-state index in [1.165, 1.54) is 11.3 Å². The predicted octanol–water partition coefficient (Wildman–Crippen LogP) is 2.22. The maximum atomic E-state index is 12.1. The van der Waals surface area contributed by atoms with Crippen molar-refractivity contribution in [3.8, 4) is 0 Å². The molecule has 0 spiro atoms. The molecule has 6 nitrogen and oxygen atoms in total. The number of rotatable bonds is 7. The van der Waals surface area contributed by atoms with Crippen molar-refractivity contribution >= 4 is 39.5 Å². The zero-order valence-electron chi connectivity index (χ0n) is 12.0. The molecule has 2 heterocycles. The van der Waals surface area contributed by atoms with Crippen molar-refractivity contribution in [2.75, 3.05) is 24.1 Å². The molecule has 0 aliphatic rings. The van der Waals surface area contributed by atoms with Gasteiger partial charge in [-0.1, -0.05) is 25.2 Å². The van der Waals surface area contributed by atoms with E-state index in [0.717, 1.165) is 18.0 Å². The highest BCUT2D eigenvalue weighted by atomic mass is 32.1. The van der Waals surface area contributed by atoms with Crippen LogP contribution in [-0.2, 0) is 6.42 Å². The average Bonchev–Trinajstić information content (AvgIpc) is 3.06. The molecular weight excluding hydrogens is 306 g/mol. The second kappa shape index (κ2) is 7.37. The van der Waals surface area contributed by atoms with E-state index in [1.54, 1.807) is 17.5 Å². The van der Waals surface area contributed by atoms with Gasteiger partial charge >= 0.3 is 0 Å². The first kappa shape index (κ1) is 15.7. The largest absolute Gasteiger partial charge is 0.382 e. The normalized spacial score (nSPS) is 10.8. The molecule has 0 aromatic carbocycles. The summed E-state index contributed by atoms with van der Waals surface area (Å²) < 4.78 is 0. The SMILES string of the molecule is CC(C)CNc1nc(N)c(C(=O)NCCc2nccs2)s1. The summed E-state index contributed by atoms with van der Waals surface area (Å²) in [6.45, 7) is 5.56. The van der Waals surface area contributed by atoms with Gasteiger partial charge in [-0.3, -0.25) is 4.79 Å². The third-order valence-corrected chi connectivity index (χ3v) is 4.50. The molecule has 0 saturated heterocycles. The van der Waals surface area contributed by atoms with Gasteiger partial charge in [0.15, 0.2) is 5.13 Å². The minimum absolute atomic E-state index is 0.181. The van der Waals surface area contributed by atoms with Crippen LogP contribution in [0.5, 0.6) is 0 Å². The Bertz CT molecular complexity index is 579. The molecule has 2 rings (SSSR count). The molecule has 21 heavy (non-hydrogen) atoms. The van der Waals surface area contributed by atoms with E-state index in [9.17, 15) is 4.79 Å². The van der Waals surface area contributed by atoms with Gasteiger partial charge in [0.1, 0.15) is 10.7 Å². The summed E-state index contributed by atoms with van der Waals surface area (Å²) in [6, 6.07) is 0. The van der Waals surface area contributed by atoms with Crippen LogP contribution in [0.25, 0.3) is 0 Å². The van der Waals surface area contributed by atoms with Crippen molar-refractivity contribution in [1.29, 1.82) is 0 Å². The Balaban J connectivity index is 1.86. The fraction of sp³-hybridized carbons (Fsp3) is 0.462. The van der Waals surface area contributed by atoms with Gasteiger partial charge in [0.25, 0.3) is 5.91 Å². The van der Waals surface area contributed by atoms with Crippen LogP contribution in [0.2, 0.25) is 0 Å². The third-order valence-electron chi connectivity index (χ3n) is 2.63. The summed E-state index contributed by atoms with van der Waals surface area (Å²) in [6.07, 6.45) is 2.48. The van der Waals surface area contributed by atoms with Crippen LogP contribution in [0.1, 0.15) is 28.5 Å². The number of nitrogens with one attached hydrogen (secondary N) is 2. The molecule has 1 amide bonds. The number of aromatic nitrogens is 2. The average molecular weight is 325 g/mol. The number of anilines is 2. The summed E-state index contributed by atoms with van der Waals surface area (Å²) in [5.41, 5.74) is 5.80. The second-order valence-electron chi connectivity index (χ2n) is 4.94. The molecule has 0 radical (unpaired) electrons. The molecule has 0 fully saturated rings. The van der Waals surface area contributed by atoms with E-state index in [4.69, 9.17) is 5.73 Å². The van der Waals surface area contributed by atoms with Crippen LogP contribution in [-0.4, -0.2) is 29.0 Å². The van der Waals surface area contributed by atoms with Crippen LogP contribution in [0.4, 0.5) is 10.9 Å². The first-order chi connectivity index (χ1) is 10.1. The number of nitrogens with zero attached hydrogens (tertiary/aromatic N) is 2. The number of nitrogen functional groups attached to an aromatic ring is 1. The zero-order chi connectivity index (χ0) is 15.2. The van der Waals surface area contributed by atoms with Crippen LogP contribution in [0.3, 0.4) is 0 Å². The number of hydrogen-bond donors (Lipinski definition) is 3. The molecule has 4 N–H and O–H groups in total. The van der Waals surface area contributed by atoms with Gasteiger partial charge < -0.3 is 16.4 Å². The monoisotopic (exact) mass is 325 g/mol. The highest BCUT2D eigenvalue weighted by molar-refractivity contribution is 7.18. The number of hydrogen-bond acceptors (Lipinski definition) is 7. The van der Waals surface area contributed by atoms with E-state index < -0.39 is 0 Å². The van der Waals surface area contributed by atoms with Crippen molar-refractivity contribution in [1.82, 2.24) is 15.3 Å².